The first-order valence-corrected chi connectivity index (χ1v) is 14.3. The van der Waals surface area contributed by atoms with E-state index < -0.39 is 5.91 Å². The molecule has 1 saturated heterocycles. The molecule has 2 aromatic heterocycles. The van der Waals surface area contributed by atoms with Crippen molar-refractivity contribution in [3.05, 3.63) is 94.8 Å². The third-order valence-electron chi connectivity index (χ3n) is 7.58. The quantitative estimate of drug-likeness (QED) is 0.237. The molecule has 2 atom stereocenters. The number of likely N-dealkylation sites (N-methyl/N-ethyl adjacent to an activating group) is 1. The molecule has 0 bridgehead atoms. The minimum absolute atomic E-state index is 0.0697. The fourth-order valence-corrected chi connectivity index (χ4v) is 5.57. The molecule has 4 aromatic rings. The van der Waals surface area contributed by atoms with E-state index in [0.29, 0.717) is 57.6 Å². The number of nitriles is 1. The Bertz CT molecular complexity index is 1720. The van der Waals surface area contributed by atoms with Crippen LogP contribution in [0.15, 0.2) is 72.9 Å². The molecule has 1 amide bonds. The van der Waals surface area contributed by atoms with Gasteiger partial charge in [-0.2, -0.15) is 5.26 Å². The summed E-state index contributed by atoms with van der Waals surface area (Å²) >= 11 is 6.59. The van der Waals surface area contributed by atoms with E-state index in [4.69, 9.17) is 31.8 Å². The van der Waals surface area contributed by atoms with Gasteiger partial charge in [0.15, 0.2) is 0 Å². The van der Waals surface area contributed by atoms with Gasteiger partial charge in [-0.25, -0.2) is 4.98 Å². The number of primary amides is 1. The number of aromatic nitrogens is 2. The molecule has 1 aliphatic heterocycles. The Labute approximate surface area is 256 Å². The van der Waals surface area contributed by atoms with Crippen molar-refractivity contribution in [1.82, 2.24) is 19.8 Å². The lowest BCUT2D eigenvalue weighted by Crippen LogP contribution is -2.60. The molecule has 2 N–H and O–H groups in total. The summed E-state index contributed by atoms with van der Waals surface area (Å²) < 4.78 is 12.0. The molecule has 2 aromatic carbocycles. The number of nitrogens with zero attached hydrogens (tertiary/aromatic N) is 5. The molecule has 220 valence electrons. The molecule has 43 heavy (non-hydrogen) atoms. The number of hydrogen-bond donors (Lipinski definition) is 1. The van der Waals surface area contributed by atoms with Gasteiger partial charge in [-0.15, -0.1) is 0 Å². The Morgan fingerprint density at radius 3 is 2.65 bits per heavy atom. The van der Waals surface area contributed by atoms with Gasteiger partial charge in [-0.3, -0.25) is 14.7 Å². The van der Waals surface area contributed by atoms with Crippen LogP contribution in [0.5, 0.6) is 11.5 Å². The average Bonchev–Trinajstić information content (AvgIpc) is 2.98. The van der Waals surface area contributed by atoms with Crippen LogP contribution < -0.4 is 15.2 Å². The first-order valence-electron chi connectivity index (χ1n) is 13.9. The molecule has 1 aliphatic rings. The minimum Gasteiger partial charge on any atom is -0.493 e. The van der Waals surface area contributed by atoms with Crippen LogP contribution in [0.3, 0.4) is 0 Å². The predicted molar refractivity (Wildman–Crippen MR) is 167 cm³/mol. The van der Waals surface area contributed by atoms with Crippen molar-refractivity contribution in [3.63, 3.8) is 0 Å². The Balaban J connectivity index is 1.51. The van der Waals surface area contributed by atoms with Crippen molar-refractivity contribution in [2.75, 3.05) is 33.8 Å². The molecule has 1 fully saturated rings. The Morgan fingerprint density at radius 1 is 1.19 bits per heavy atom. The van der Waals surface area contributed by atoms with Gasteiger partial charge < -0.3 is 20.1 Å². The molecule has 0 aliphatic carbocycles. The lowest BCUT2D eigenvalue weighted by atomic mass is 9.86. The number of rotatable bonds is 11. The van der Waals surface area contributed by atoms with Crippen molar-refractivity contribution in [2.24, 2.45) is 5.73 Å². The number of fused-ring (bicyclic) bond motifs is 1. The van der Waals surface area contributed by atoms with Crippen LogP contribution in [0.1, 0.15) is 29.8 Å². The zero-order chi connectivity index (χ0) is 30.7. The van der Waals surface area contributed by atoms with Crippen molar-refractivity contribution in [3.8, 4) is 28.8 Å². The molecule has 9 nitrogen and oxygen atoms in total. The van der Waals surface area contributed by atoms with E-state index in [1.807, 2.05) is 63.5 Å². The van der Waals surface area contributed by atoms with Crippen LogP contribution in [-0.4, -0.2) is 65.5 Å². The van der Waals surface area contributed by atoms with Gasteiger partial charge >= 0.3 is 0 Å². The Kier molecular flexibility index (Phi) is 8.92. The van der Waals surface area contributed by atoms with Crippen molar-refractivity contribution >= 4 is 28.4 Å². The topological polar surface area (TPSA) is 118 Å². The van der Waals surface area contributed by atoms with Crippen LogP contribution in [-0.2, 0) is 11.4 Å². The number of carbonyl (C=O) groups is 1. The molecular formula is C33H33ClN6O3. The molecule has 2 unspecified atom stereocenters. The molecule has 0 saturated carbocycles. The second-order valence-corrected chi connectivity index (χ2v) is 11.0. The van der Waals surface area contributed by atoms with Crippen LogP contribution in [0.4, 0.5) is 0 Å². The fraction of sp³-hybridized carbons (Fsp3) is 0.273. The number of benzene rings is 2. The van der Waals surface area contributed by atoms with E-state index in [2.05, 4.69) is 27.4 Å². The lowest BCUT2D eigenvalue weighted by Gasteiger charge is -2.51. The second-order valence-electron chi connectivity index (χ2n) is 10.6. The number of hydrogen-bond acceptors (Lipinski definition) is 8. The van der Waals surface area contributed by atoms with Gasteiger partial charge in [0.25, 0.3) is 0 Å². The predicted octanol–water partition coefficient (Wildman–Crippen LogP) is 5.13. The minimum atomic E-state index is -0.515. The summed E-state index contributed by atoms with van der Waals surface area (Å²) in [7, 11) is 4.06. The molecular weight excluding hydrogens is 564 g/mol. The van der Waals surface area contributed by atoms with Gasteiger partial charge in [0.1, 0.15) is 24.2 Å². The number of pyridine rings is 2. The maximum absolute atomic E-state index is 11.7. The van der Waals surface area contributed by atoms with Crippen molar-refractivity contribution in [1.29, 1.82) is 5.26 Å². The van der Waals surface area contributed by atoms with E-state index in [1.165, 1.54) is 0 Å². The highest BCUT2D eigenvalue weighted by atomic mass is 35.5. The normalized spacial score (nSPS) is 16.5. The maximum atomic E-state index is 11.7. The van der Waals surface area contributed by atoms with Crippen molar-refractivity contribution in [2.45, 2.75) is 25.6 Å². The zero-order valence-electron chi connectivity index (χ0n) is 24.4. The number of ether oxygens (including phenoxy) is 2. The SMILES string of the molecule is C=C(CN1CC(N(C)C)C1c1cc2cc(C#N)c(-c3ccc(OCc4ccccn4)c(Cl)c3)nc2cc1OCC)C(N)=O. The summed E-state index contributed by atoms with van der Waals surface area (Å²) in [5.74, 6) is 0.692. The number of likely N-dealkylation sites (tertiary alicyclic amines) is 1. The van der Waals surface area contributed by atoms with Crippen LogP contribution in [0.2, 0.25) is 5.02 Å². The van der Waals surface area contributed by atoms with Gasteiger partial charge in [-0.1, -0.05) is 24.2 Å². The van der Waals surface area contributed by atoms with Crippen LogP contribution >= 0.6 is 11.6 Å². The van der Waals surface area contributed by atoms with E-state index in [0.717, 1.165) is 23.2 Å². The molecule has 0 radical (unpaired) electrons. The highest BCUT2D eigenvalue weighted by Gasteiger charge is 2.43. The van der Waals surface area contributed by atoms with Gasteiger partial charge in [0.05, 0.1) is 40.1 Å². The summed E-state index contributed by atoms with van der Waals surface area (Å²) in [5, 5.41) is 11.3. The second kappa shape index (κ2) is 12.8. The number of nitrogens with two attached hydrogens (primary N) is 1. The van der Waals surface area contributed by atoms with E-state index >= 15 is 0 Å². The Hall–Kier alpha value is -4.49. The average molecular weight is 597 g/mol. The third kappa shape index (κ3) is 6.32. The van der Waals surface area contributed by atoms with Gasteiger partial charge in [0, 0.05) is 53.5 Å². The van der Waals surface area contributed by atoms with Crippen LogP contribution in [0, 0.1) is 11.3 Å². The van der Waals surface area contributed by atoms with E-state index in [9.17, 15) is 10.1 Å². The summed E-state index contributed by atoms with van der Waals surface area (Å²) in [6.45, 7) is 7.63. The maximum Gasteiger partial charge on any atom is 0.245 e. The molecule has 0 spiro atoms. The largest absolute Gasteiger partial charge is 0.493 e. The molecule has 10 heteroatoms. The van der Waals surface area contributed by atoms with Gasteiger partial charge in [0.2, 0.25) is 5.91 Å². The first-order chi connectivity index (χ1) is 20.7. The number of halogens is 1. The zero-order valence-corrected chi connectivity index (χ0v) is 25.1. The summed E-state index contributed by atoms with van der Waals surface area (Å²) in [5.41, 5.74) is 9.88. The van der Waals surface area contributed by atoms with E-state index in [1.54, 1.807) is 18.3 Å². The Morgan fingerprint density at radius 2 is 2.00 bits per heavy atom. The summed E-state index contributed by atoms with van der Waals surface area (Å²) in [6, 6.07) is 19.2. The third-order valence-corrected chi connectivity index (χ3v) is 7.87. The van der Waals surface area contributed by atoms with Crippen LogP contribution in [0.25, 0.3) is 22.2 Å². The number of carbonyl (C=O) groups excluding carboxylic acids is 1. The smallest absolute Gasteiger partial charge is 0.245 e. The highest BCUT2D eigenvalue weighted by molar-refractivity contribution is 6.32. The first kappa shape index (κ1) is 30.0. The van der Waals surface area contributed by atoms with Gasteiger partial charge in [-0.05, 0) is 63.5 Å². The summed E-state index contributed by atoms with van der Waals surface area (Å²) in [4.78, 5) is 25.2. The summed E-state index contributed by atoms with van der Waals surface area (Å²) in [6.07, 6.45) is 1.71. The molecule has 5 rings (SSSR count). The fourth-order valence-electron chi connectivity index (χ4n) is 5.33. The monoisotopic (exact) mass is 596 g/mol. The highest BCUT2D eigenvalue weighted by Crippen LogP contribution is 2.43. The lowest BCUT2D eigenvalue weighted by molar-refractivity contribution is -0.115. The number of amides is 1. The molecule has 3 heterocycles. The standard InChI is InChI=1S/C33H33ClN6O3/c1-5-42-30-15-27-22(13-25(30)32-28(39(3)4)18-40(32)17-20(2)33(36)41)12-23(16-35)31(38-27)21-9-10-29(26(34)14-21)43-19-24-8-6-7-11-37-24/h6-15,28,32H,2,5,17-19H2,1,3-4H3,(H2,36,41). The van der Waals surface area contributed by atoms with E-state index in [-0.39, 0.29) is 18.7 Å². The van der Waals surface area contributed by atoms with Crippen molar-refractivity contribution < 1.29 is 14.3 Å².